The average Bonchev–Trinajstić information content (AvgIpc) is 2.94. The number of nitrogens with zero attached hydrogens (tertiary/aromatic N) is 6. The van der Waals surface area contributed by atoms with Crippen LogP contribution in [-0.2, 0) is 7.05 Å². The van der Waals surface area contributed by atoms with E-state index in [2.05, 4.69) is 20.4 Å². The van der Waals surface area contributed by atoms with E-state index in [0.29, 0.717) is 0 Å². The Morgan fingerprint density at radius 3 is 2.94 bits per heavy atom. The summed E-state index contributed by atoms with van der Waals surface area (Å²) in [5.41, 5.74) is 8.82. The van der Waals surface area contributed by atoms with Crippen molar-refractivity contribution < 1.29 is 0 Å². The molecular weight excluding hydrogens is 218 g/mol. The molecule has 3 aromatic heterocycles. The van der Waals surface area contributed by atoms with Crippen LogP contribution in [0, 0.1) is 0 Å². The molecule has 0 aliphatic rings. The van der Waals surface area contributed by atoms with Crippen LogP contribution >= 0.6 is 0 Å². The van der Waals surface area contributed by atoms with Gasteiger partial charge in [0.15, 0.2) is 0 Å². The van der Waals surface area contributed by atoms with Crippen molar-refractivity contribution >= 4 is 5.52 Å². The Balaban J connectivity index is 2.13. The summed E-state index contributed by atoms with van der Waals surface area (Å²) in [4.78, 5) is 4.08. The highest BCUT2D eigenvalue weighted by Gasteiger charge is 2.17. The minimum Gasteiger partial charge on any atom is -0.319 e. The third-order valence-electron chi connectivity index (χ3n) is 2.76. The summed E-state index contributed by atoms with van der Waals surface area (Å²) in [5.74, 6) is 0. The third kappa shape index (κ3) is 1.48. The lowest BCUT2D eigenvalue weighted by Gasteiger charge is -2.09. The summed E-state index contributed by atoms with van der Waals surface area (Å²) in [7, 11) is 1.81. The summed E-state index contributed by atoms with van der Waals surface area (Å²) in [6.07, 6.45) is 8.61. The Labute approximate surface area is 96.9 Å². The van der Waals surface area contributed by atoms with Crippen LogP contribution in [0.25, 0.3) is 5.52 Å². The fourth-order valence-electron chi connectivity index (χ4n) is 1.83. The monoisotopic (exact) mass is 229 g/mol. The van der Waals surface area contributed by atoms with E-state index < -0.39 is 0 Å². The first-order chi connectivity index (χ1) is 8.27. The zero-order valence-corrected chi connectivity index (χ0v) is 9.22. The van der Waals surface area contributed by atoms with Crippen molar-refractivity contribution in [1.29, 1.82) is 0 Å². The van der Waals surface area contributed by atoms with Gasteiger partial charge in [0.1, 0.15) is 0 Å². The Kier molecular flexibility index (Phi) is 2.12. The second-order valence-electron chi connectivity index (χ2n) is 3.77. The van der Waals surface area contributed by atoms with Crippen LogP contribution in [0.1, 0.15) is 17.3 Å². The Morgan fingerprint density at radius 2 is 2.18 bits per heavy atom. The summed E-state index contributed by atoms with van der Waals surface area (Å²) in [6.45, 7) is 0. The summed E-state index contributed by atoms with van der Waals surface area (Å²) in [5, 5.41) is 11.9. The molecule has 0 aromatic carbocycles. The zero-order valence-electron chi connectivity index (χ0n) is 9.22. The number of fused-ring (bicyclic) bond motifs is 1. The van der Waals surface area contributed by atoms with E-state index in [4.69, 9.17) is 5.73 Å². The lowest BCUT2D eigenvalue weighted by Crippen LogP contribution is -2.15. The van der Waals surface area contributed by atoms with Crippen LogP contribution in [0.3, 0.4) is 0 Å². The van der Waals surface area contributed by atoms with Gasteiger partial charge >= 0.3 is 0 Å². The molecular formula is C10H11N7. The topological polar surface area (TPSA) is 86.9 Å². The van der Waals surface area contributed by atoms with Gasteiger partial charge in [-0.1, -0.05) is 5.21 Å². The van der Waals surface area contributed by atoms with Gasteiger partial charge < -0.3 is 5.73 Å². The minimum atomic E-state index is -0.309. The molecule has 86 valence electrons. The summed E-state index contributed by atoms with van der Waals surface area (Å²) in [6, 6.07) is -0.309. The van der Waals surface area contributed by atoms with Gasteiger partial charge in [0.05, 0.1) is 35.8 Å². The highest BCUT2D eigenvalue weighted by atomic mass is 15.4. The molecule has 7 nitrogen and oxygen atoms in total. The molecule has 0 saturated heterocycles. The number of aryl methyl sites for hydroxylation is 1. The van der Waals surface area contributed by atoms with Crippen LogP contribution in [0.15, 0.2) is 31.0 Å². The maximum Gasteiger partial charge on any atom is 0.0896 e. The molecule has 0 aliphatic heterocycles. The van der Waals surface area contributed by atoms with Crippen molar-refractivity contribution in [1.82, 2.24) is 29.6 Å². The number of aromatic nitrogens is 6. The van der Waals surface area contributed by atoms with E-state index in [1.165, 1.54) is 0 Å². The van der Waals surface area contributed by atoms with Gasteiger partial charge in [-0.15, -0.1) is 5.10 Å². The SMILES string of the molecule is Cn1nncc1C(N)c1cnn2ccncc12. The number of hydrogen-bond donors (Lipinski definition) is 1. The lowest BCUT2D eigenvalue weighted by molar-refractivity contribution is 0.652. The minimum absolute atomic E-state index is 0.309. The highest BCUT2D eigenvalue weighted by molar-refractivity contribution is 5.54. The maximum atomic E-state index is 6.19. The van der Waals surface area contributed by atoms with E-state index in [1.807, 2.05) is 7.05 Å². The number of nitrogens with two attached hydrogens (primary N) is 1. The van der Waals surface area contributed by atoms with Crippen LogP contribution in [-0.4, -0.2) is 29.6 Å². The Bertz CT molecular complexity index is 653. The molecule has 0 aliphatic carbocycles. The molecule has 3 aromatic rings. The van der Waals surface area contributed by atoms with Crippen LogP contribution in [0.5, 0.6) is 0 Å². The Morgan fingerprint density at radius 1 is 1.29 bits per heavy atom. The number of hydrogen-bond acceptors (Lipinski definition) is 5. The molecule has 0 bridgehead atoms. The first kappa shape index (κ1) is 9.91. The van der Waals surface area contributed by atoms with Gasteiger partial charge in [0, 0.05) is 25.0 Å². The fourth-order valence-corrected chi connectivity index (χ4v) is 1.83. The van der Waals surface area contributed by atoms with E-state index in [9.17, 15) is 0 Å². The predicted molar refractivity (Wildman–Crippen MR) is 60.0 cm³/mol. The third-order valence-corrected chi connectivity index (χ3v) is 2.76. The lowest BCUT2D eigenvalue weighted by atomic mass is 10.1. The van der Waals surface area contributed by atoms with E-state index in [0.717, 1.165) is 16.8 Å². The molecule has 17 heavy (non-hydrogen) atoms. The molecule has 0 radical (unpaired) electrons. The smallest absolute Gasteiger partial charge is 0.0896 e. The first-order valence-electron chi connectivity index (χ1n) is 5.15. The van der Waals surface area contributed by atoms with E-state index in [-0.39, 0.29) is 6.04 Å². The van der Waals surface area contributed by atoms with Gasteiger partial charge in [-0.2, -0.15) is 5.10 Å². The quantitative estimate of drug-likeness (QED) is 0.663. The number of rotatable bonds is 2. The molecule has 1 atom stereocenters. The van der Waals surface area contributed by atoms with Gasteiger partial charge in [-0.25, -0.2) is 4.52 Å². The second-order valence-corrected chi connectivity index (χ2v) is 3.77. The van der Waals surface area contributed by atoms with Crippen molar-refractivity contribution in [3.05, 3.63) is 42.2 Å². The van der Waals surface area contributed by atoms with Crippen molar-refractivity contribution in [3.63, 3.8) is 0 Å². The van der Waals surface area contributed by atoms with Gasteiger partial charge in [0.25, 0.3) is 0 Å². The second kappa shape index (κ2) is 3.63. The largest absolute Gasteiger partial charge is 0.319 e. The zero-order chi connectivity index (χ0) is 11.8. The molecule has 0 spiro atoms. The molecule has 2 N–H and O–H groups in total. The Hall–Kier alpha value is -2.28. The predicted octanol–water partition coefficient (Wildman–Crippen LogP) is -0.0941. The van der Waals surface area contributed by atoms with Crippen molar-refractivity contribution in [2.75, 3.05) is 0 Å². The van der Waals surface area contributed by atoms with Crippen molar-refractivity contribution in [2.24, 2.45) is 12.8 Å². The summed E-state index contributed by atoms with van der Waals surface area (Å²) < 4.78 is 3.40. The van der Waals surface area contributed by atoms with Gasteiger partial charge in [-0.05, 0) is 0 Å². The van der Waals surface area contributed by atoms with Gasteiger partial charge in [-0.3, -0.25) is 9.67 Å². The molecule has 3 heterocycles. The highest BCUT2D eigenvalue weighted by Crippen LogP contribution is 2.21. The average molecular weight is 229 g/mol. The fraction of sp³-hybridized carbons (Fsp3) is 0.200. The van der Waals surface area contributed by atoms with Crippen LogP contribution in [0.2, 0.25) is 0 Å². The molecule has 0 saturated carbocycles. The van der Waals surface area contributed by atoms with Crippen molar-refractivity contribution in [2.45, 2.75) is 6.04 Å². The molecule has 0 fully saturated rings. The molecule has 0 amide bonds. The van der Waals surface area contributed by atoms with Gasteiger partial charge in [0.2, 0.25) is 0 Å². The standard InChI is InChI=1S/C10H11N7/c1-16-9(6-13-15-16)10(11)7-4-14-17-3-2-12-5-8(7)17/h2-6,10H,11H2,1H3. The van der Waals surface area contributed by atoms with Crippen LogP contribution < -0.4 is 5.73 Å². The molecule has 7 heteroatoms. The van der Waals surface area contributed by atoms with E-state index in [1.54, 1.807) is 40.2 Å². The summed E-state index contributed by atoms with van der Waals surface area (Å²) >= 11 is 0. The molecule has 3 rings (SSSR count). The molecule has 1 unspecified atom stereocenters. The van der Waals surface area contributed by atoms with Crippen LogP contribution in [0.4, 0.5) is 0 Å². The first-order valence-corrected chi connectivity index (χ1v) is 5.15. The van der Waals surface area contributed by atoms with Crippen molar-refractivity contribution in [3.8, 4) is 0 Å². The van der Waals surface area contributed by atoms with E-state index >= 15 is 0 Å². The normalized spacial score (nSPS) is 13.1. The maximum absolute atomic E-state index is 6.19.